The SMILES string of the molecule is O=C(CCCOc1ccccc1)NC1CCN(C(=O)c2ccc(Cl)c(Cl)c2)CC1. The molecule has 2 aromatic rings. The summed E-state index contributed by atoms with van der Waals surface area (Å²) in [7, 11) is 0. The first-order valence-electron chi connectivity index (χ1n) is 9.74. The van der Waals surface area contributed by atoms with Crippen LogP contribution in [-0.2, 0) is 4.79 Å². The summed E-state index contributed by atoms with van der Waals surface area (Å²) in [5, 5.41) is 3.86. The fourth-order valence-electron chi connectivity index (χ4n) is 3.28. The summed E-state index contributed by atoms with van der Waals surface area (Å²) in [5.74, 6) is 0.772. The largest absolute Gasteiger partial charge is 0.494 e. The third kappa shape index (κ3) is 6.38. The molecule has 2 aromatic carbocycles. The molecule has 1 N–H and O–H groups in total. The van der Waals surface area contributed by atoms with Gasteiger partial charge in [0.15, 0.2) is 0 Å². The van der Waals surface area contributed by atoms with Gasteiger partial charge in [-0.2, -0.15) is 0 Å². The van der Waals surface area contributed by atoms with Gasteiger partial charge in [-0.3, -0.25) is 9.59 Å². The van der Waals surface area contributed by atoms with Crippen LogP contribution < -0.4 is 10.1 Å². The number of nitrogens with one attached hydrogen (secondary N) is 1. The molecule has 0 unspecified atom stereocenters. The monoisotopic (exact) mass is 434 g/mol. The first kappa shape index (κ1) is 21.5. The van der Waals surface area contributed by atoms with Gasteiger partial charge in [-0.15, -0.1) is 0 Å². The Morgan fingerprint density at radius 2 is 1.76 bits per heavy atom. The Bertz CT molecular complexity index is 837. The van der Waals surface area contributed by atoms with Crippen LogP contribution in [0.15, 0.2) is 48.5 Å². The van der Waals surface area contributed by atoms with E-state index in [0.717, 1.165) is 18.6 Å². The highest BCUT2D eigenvalue weighted by molar-refractivity contribution is 6.42. The summed E-state index contributed by atoms with van der Waals surface area (Å²) in [5.41, 5.74) is 0.528. The van der Waals surface area contributed by atoms with Gasteiger partial charge in [0.05, 0.1) is 16.7 Å². The average molecular weight is 435 g/mol. The predicted octanol–water partition coefficient (Wildman–Crippen LogP) is 4.57. The zero-order chi connectivity index (χ0) is 20.6. The summed E-state index contributed by atoms with van der Waals surface area (Å²) >= 11 is 11.9. The number of carbonyl (C=O) groups is 2. The molecule has 29 heavy (non-hydrogen) atoms. The summed E-state index contributed by atoms with van der Waals surface area (Å²) in [6.07, 6.45) is 2.56. The maximum atomic E-state index is 12.6. The highest BCUT2D eigenvalue weighted by atomic mass is 35.5. The number of likely N-dealkylation sites (tertiary alicyclic amines) is 1. The Balaban J connectivity index is 1.36. The number of nitrogens with zero attached hydrogens (tertiary/aromatic N) is 1. The lowest BCUT2D eigenvalue weighted by atomic mass is 10.0. The normalized spacial score (nSPS) is 14.5. The lowest BCUT2D eigenvalue weighted by Crippen LogP contribution is -2.46. The molecule has 0 saturated carbocycles. The third-order valence-electron chi connectivity index (χ3n) is 4.87. The number of ether oxygens (including phenoxy) is 1. The van der Waals surface area contributed by atoms with Crippen molar-refractivity contribution in [1.82, 2.24) is 10.2 Å². The minimum Gasteiger partial charge on any atom is -0.494 e. The fourth-order valence-corrected chi connectivity index (χ4v) is 3.58. The Kier molecular flexibility index (Phi) is 7.78. The van der Waals surface area contributed by atoms with E-state index in [1.807, 2.05) is 30.3 Å². The summed E-state index contributed by atoms with van der Waals surface area (Å²) in [6, 6.07) is 14.6. The van der Waals surface area contributed by atoms with Crippen molar-refractivity contribution in [3.05, 3.63) is 64.1 Å². The number of benzene rings is 2. The third-order valence-corrected chi connectivity index (χ3v) is 5.61. The van der Waals surface area contributed by atoms with E-state index in [1.165, 1.54) is 0 Å². The minimum atomic E-state index is -0.0635. The fraction of sp³-hybridized carbons (Fsp3) is 0.364. The Morgan fingerprint density at radius 3 is 2.45 bits per heavy atom. The molecular weight excluding hydrogens is 411 g/mol. The van der Waals surface area contributed by atoms with Gasteiger partial charge in [0.25, 0.3) is 5.91 Å². The molecule has 0 bridgehead atoms. The van der Waals surface area contributed by atoms with Crippen molar-refractivity contribution in [2.75, 3.05) is 19.7 Å². The number of piperidine rings is 1. The van der Waals surface area contributed by atoms with Gasteiger partial charge in [-0.1, -0.05) is 41.4 Å². The number of amides is 2. The van der Waals surface area contributed by atoms with Gasteiger partial charge in [0, 0.05) is 31.1 Å². The van der Waals surface area contributed by atoms with Crippen LogP contribution in [-0.4, -0.2) is 42.5 Å². The Morgan fingerprint density at radius 1 is 1.03 bits per heavy atom. The van der Waals surface area contributed by atoms with Crippen molar-refractivity contribution in [3.63, 3.8) is 0 Å². The zero-order valence-corrected chi connectivity index (χ0v) is 17.6. The van der Waals surface area contributed by atoms with Gasteiger partial charge in [0.2, 0.25) is 5.91 Å². The van der Waals surface area contributed by atoms with E-state index in [0.29, 0.717) is 48.1 Å². The molecule has 7 heteroatoms. The second-order valence-electron chi connectivity index (χ2n) is 7.03. The summed E-state index contributed by atoms with van der Waals surface area (Å²) < 4.78 is 5.60. The molecule has 154 valence electrons. The van der Waals surface area contributed by atoms with Crippen molar-refractivity contribution < 1.29 is 14.3 Å². The average Bonchev–Trinajstić information content (AvgIpc) is 2.74. The van der Waals surface area contributed by atoms with Crippen molar-refractivity contribution in [3.8, 4) is 5.75 Å². The van der Waals surface area contributed by atoms with Crippen LogP contribution in [0, 0.1) is 0 Å². The first-order valence-corrected chi connectivity index (χ1v) is 10.5. The molecule has 2 amide bonds. The van der Waals surface area contributed by atoms with Crippen molar-refractivity contribution in [2.24, 2.45) is 0 Å². The highest BCUT2D eigenvalue weighted by Crippen LogP contribution is 2.24. The van der Waals surface area contributed by atoms with Crippen molar-refractivity contribution in [2.45, 2.75) is 31.7 Å². The number of halogens is 2. The molecule has 0 spiro atoms. The van der Waals surface area contributed by atoms with Crippen LogP contribution in [0.2, 0.25) is 10.0 Å². The molecule has 1 heterocycles. The lowest BCUT2D eigenvalue weighted by Gasteiger charge is -2.32. The summed E-state index contributed by atoms with van der Waals surface area (Å²) in [6.45, 7) is 1.70. The molecule has 5 nitrogen and oxygen atoms in total. The zero-order valence-electron chi connectivity index (χ0n) is 16.1. The topological polar surface area (TPSA) is 58.6 Å². The predicted molar refractivity (Wildman–Crippen MR) is 115 cm³/mol. The van der Waals surface area contributed by atoms with Gasteiger partial charge in [-0.25, -0.2) is 0 Å². The maximum Gasteiger partial charge on any atom is 0.253 e. The van der Waals surface area contributed by atoms with Crippen LogP contribution >= 0.6 is 23.2 Å². The van der Waals surface area contributed by atoms with E-state index in [1.54, 1.807) is 23.1 Å². The molecule has 3 rings (SSSR count). The quantitative estimate of drug-likeness (QED) is 0.648. The Labute approximate surface area is 180 Å². The van der Waals surface area contributed by atoms with E-state index >= 15 is 0 Å². The molecule has 1 saturated heterocycles. The van der Waals surface area contributed by atoms with Gasteiger partial charge in [-0.05, 0) is 49.6 Å². The number of para-hydroxylation sites is 1. The lowest BCUT2D eigenvalue weighted by molar-refractivity contribution is -0.122. The molecule has 1 fully saturated rings. The molecule has 1 aliphatic heterocycles. The molecule has 0 aliphatic carbocycles. The van der Waals surface area contributed by atoms with Gasteiger partial charge < -0.3 is 15.0 Å². The maximum absolute atomic E-state index is 12.6. The van der Waals surface area contributed by atoms with E-state index in [4.69, 9.17) is 27.9 Å². The number of carbonyl (C=O) groups excluding carboxylic acids is 2. The van der Waals surface area contributed by atoms with E-state index in [-0.39, 0.29) is 17.9 Å². The van der Waals surface area contributed by atoms with Crippen LogP contribution in [0.25, 0.3) is 0 Å². The number of rotatable bonds is 7. The van der Waals surface area contributed by atoms with Crippen molar-refractivity contribution >= 4 is 35.0 Å². The number of hydrogen-bond donors (Lipinski definition) is 1. The van der Waals surface area contributed by atoms with Crippen LogP contribution in [0.1, 0.15) is 36.0 Å². The van der Waals surface area contributed by atoms with Crippen LogP contribution in [0.5, 0.6) is 5.75 Å². The van der Waals surface area contributed by atoms with E-state index in [9.17, 15) is 9.59 Å². The first-order chi connectivity index (χ1) is 14.0. The standard InChI is InChI=1S/C22H24Cl2N2O3/c23-19-9-8-16(15-20(19)24)22(28)26-12-10-17(11-13-26)25-21(27)7-4-14-29-18-5-2-1-3-6-18/h1-3,5-6,8-9,15,17H,4,7,10-14H2,(H,25,27). The smallest absolute Gasteiger partial charge is 0.253 e. The Hall–Kier alpha value is -2.24. The van der Waals surface area contributed by atoms with Crippen molar-refractivity contribution in [1.29, 1.82) is 0 Å². The van der Waals surface area contributed by atoms with Gasteiger partial charge >= 0.3 is 0 Å². The van der Waals surface area contributed by atoms with E-state index < -0.39 is 0 Å². The molecular formula is C22H24Cl2N2O3. The summed E-state index contributed by atoms with van der Waals surface area (Å²) in [4.78, 5) is 26.5. The minimum absolute atomic E-state index is 0.0240. The van der Waals surface area contributed by atoms with Gasteiger partial charge in [0.1, 0.15) is 5.75 Å². The molecule has 0 radical (unpaired) electrons. The highest BCUT2D eigenvalue weighted by Gasteiger charge is 2.24. The molecule has 1 aliphatic rings. The second kappa shape index (κ2) is 10.5. The second-order valence-corrected chi connectivity index (χ2v) is 7.84. The molecule has 0 aromatic heterocycles. The molecule has 0 atom stereocenters. The van der Waals surface area contributed by atoms with Crippen LogP contribution in [0.3, 0.4) is 0 Å². The van der Waals surface area contributed by atoms with E-state index in [2.05, 4.69) is 5.32 Å². The number of hydrogen-bond acceptors (Lipinski definition) is 3. The van der Waals surface area contributed by atoms with Crippen LogP contribution in [0.4, 0.5) is 0 Å².